The van der Waals surface area contributed by atoms with Crippen LogP contribution in [0.25, 0.3) is 0 Å². The van der Waals surface area contributed by atoms with Gasteiger partial charge < -0.3 is 15.0 Å². The SMILES string of the molecule is O=C1NC(Cc2ccc(OCCN3CSc4ccc(Cl)cc4C3=O)cc2)C(=O)S1. The Morgan fingerprint density at radius 3 is 2.66 bits per heavy atom. The molecule has 2 aromatic rings. The maximum absolute atomic E-state index is 12.6. The van der Waals surface area contributed by atoms with Gasteiger partial charge in [0.15, 0.2) is 0 Å². The molecule has 0 spiro atoms. The molecule has 4 rings (SSSR count). The highest BCUT2D eigenvalue weighted by Crippen LogP contribution is 2.32. The molecule has 1 fully saturated rings. The first-order chi connectivity index (χ1) is 14.0. The van der Waals surface area contributed by atoms with Gasteiger partial charge in [-0.05, 0) is 35.9 Å². The van der Waals surface area contributed by atoms with E-state index in [1.165, 1.54) is 0 Å². The average molecular weight is 449 g/mol. The molecule has 2 aromatic carbocycles. The number of thioether (sulfide) groups is 2. The zero-order valence-electron chi connectivity index (χ0n) is 15.2. The number of carbonyl (C=O) groups is 3. The lowest BCUT2D eigenvalue weighted by Gasteiger charge is -2.28. The molecule has 2 amide bonds. The predicted octanol–water partition coefficient (Wildman–Crippen LogP) is 3.82. The number of hydrogen-bond donors (Lipinski definition) is 1. The average Bonchev–Trinajstić information content (AvgIpc) is 3.02. The van der Waals surface area contributed by atoms with E-state index < -0.39 is 6.04 Å². The van der Waals surface area contributed by atoms with Crippen LogP contribution in [0.1, 0.15) is 15.9 Å². The molecule has 0 bridgehead atoms. The van der Waals surface area contributed by atoms with Gasteiger partial charge in [0.05, 0.1) is 18.0 Å². The van der Waals surface area contributed by atoms with E-state index in [-0.39, 0.29) is 16.3 Å². The number of nitrogens with zero attached hydrogens (tertiary/aromatic N) is 1. The first-order valence-corrected chi connectivity index (χ1v) is 11.1. The second-order valence-corrected chi connectivity index (χ2v) is 8.98. The number of fused-ring (bicyclic) bond motifs is 1. The summed E-state index contributed by atoms with van der Waals surface area (Å²) in [6.07, 6.45) is 0.458. The number of benzene rings is 2. The van der Waals surface area contributed by atoms with Crippen molar-refractivity contribution in [3.8, 4) is 5.75 Å². The molecule has 1 unspecified atom stereocenters. The summed E-state index contributed by atoms with van der Waals surface area (Å²) in [7, 11) is 0. The number of nitrogens with one attached hydrogen (secondary N) is 1. The van der Waals surface area contributed by atoms with Crippen molar-refractivity contribution in [3.63, 3.8) is 0 Å². The lowest BCUT2D eigenvalue weighted by atomic mass is 10.1. The van der Waals surface area contributed by atoms with Gasteiger partial charge >= 0.3 is 0 Å². The van der Waals surface area contributed by atoms with Gasteiger partial charge in [-0.1, -0.05) is 23.7 Å². The molecule has 29 heavy (non-hydrogen) atoms. The number of ether oxygens (including phenoxy) is 1. The molecular formula is C20H17ClN2O4S2. The highest BCUT2D eigenvalue weighted by atomic mass is 35.5. The Morgan fingerprint density at radius 1 is 1.14 bits per heavy atom. The molecule has 150 valence electrons. The molecule has 2 aliphatic rings. The smallest absolute Gasteiger partial charge is 0.287 e. The fourth-order valence-electron chi connectivity index (χ4n) is 3.10. The van der Waals surface area contributed by atoms with Gasteiger partial charge in [0, 0.05) is 28.1 Å². The predicted molar refractivity (Wildman–Crippen MR) is 114 cm³/mol. The number of amides is 2. The molecule has 9 heteroatoms. The standard InChI is InChI=1S/C20H17ClN2O4S2/c21-13-3-6-17-15(10-13)18(24)23(11-28-17)7-8-27-14-4-1-12(2-5-14)9-16-19(25)29-20(26)22-16/h1-6,10,16H,7-9,11H2,(H,22,26). The van der Waals surface area contributed by atoms with Crippen LogP contribution in [0, 0.1) is 0 Å². The molecule has 0 saturated carbocycles. The third kappa shape index (κ3) is 4.71. The van der Waals surface area contributed by atoms with E-state index in [2.05, 4.69) is 5.32 Å². The van der Waals surface area contributed by atoms with Crippen LogP contribution in [0.4, 0.5) is 4.79 Å². The summed E-state index contributed by atoms with van der Waals surface area (Å²) in [6, 6.07) is 12.3. The van der Waals surface area contributed by atoms with Gasteiger partial charge in [-0.25, -0.2) is 0 Å². The summed E-state index contributed by atoms with van der Waals surface area (Å²) in [4.78, 5) is 38.2. The monoisotopic (exact) mass is 448 g/mol. The Morgan fingerprint density at radius 2 is 1.93 bits per heavy atom. The minimum Gasteiger partial charge on any atom is -0.492 e. The van der Waals surface area contributed by atoms with E-state index in [0.717, 1.165) is 22.2 Å². The van der Waals surface area contributed by atoms with Crippen molar-refractivity contribution >= 4 is 51.4 Å². The Bertz CT molecular complexity index is 967. The van der Waals surface area contributed by atoms with Gasteiger partial charge in [0.1, 0.15) is 18.4 Å². The van der Waals surface area contributed by atoms with Gasteiger partial charge in [-0.2, -0.15) is 0 Å². The third-order valence-electron chi connectivity index (χ3n) is 4.60. The fraction of sp³-hybridized carbons (Fsp3) is 0.250. The Labute approximate surface area is 181 Å². The number of rotatable bonds is 6. The van der Waals surface area contributed by atoms with Crippen molar-refractivity contribution in [3.05, 3.63) is 58.6 Å². The lowest BCUT2D eigenvalue weighted by molar-refractivity contribution is -0.112. The van der Waals surface area contributed by atoms with Crippen LogP contribution < -0.4 is 10.1 Å². The van der Waals surface area contributed by atoms with Crippen molar-refractivity contribution in [2.45, 2.75) is 17.4 Å². The number of carbonyl (C=O) groups excluding carboxylic acids is 3. The van der Waals surface area contributed by atoms with Crippen LogP contribution in [0.3, 0.4) is 0 Å². The summed E-state index contributed by atoms with van der Waals surface area (Å²) in [5, 5.41) is 2.75. The van der Waals surface area contributed by atoms with Crippen LogP contribution in [-0.4, -0.2) is 46.2 Å². The second kappa shape index (κ2) is 8.69. The zero-order valence-corrected chi connectivity index (χ0v) is 17.6. The van der Waals surface area contributed by atoms with Crippen molar-refractivity contribution in [1.29, 1.82) is 0 Å². The normalized spacial score (nSPS) is 18.6. The van der Waals surface area contributed by atoms with E-state index in [4.69, 9.17) is 16.3 Å². The van der Waals surface area contributed by atoms with Crippen molar-refractivity contribution in [1.82, 2.24) is 10.2 Å². The van der Waals surface area contributed by atoms with E-state index in [0.29, 0.717) is 41.8 Å². The van der Waals surface area contributed by atoms with Gasteiger partial charge in [-0.3, -0.25) is 14.4 Å². The largest absolute Gasteiger partial charge is 0.492 e. The Hall–Kier alpha value is -2.16. The lowest BCUT2D eigenvalue weighted by Crippen LogP contribution is -2.37. The number of halogens is 1. The maximum atomic E-state index is 12.6. The zero-order chi connectivity index (χ0) is 20.4. The maximum Gasteiger partial charge on any atom is 0.287 e. The summed E-state index contributed by atoms with van der Waals surface area (Å²) in [6.45, 7) is 0.842. The molecule has 2 aliphatic heterocycles. The third-order valence-corrected chi connectivity index (χ3v) is 6.73. The summed E-state index contributed by atoms with van der Waals surface area (Å²) < 4.78 is 5.76. The van der Waals surface area contributed by atoms with Crippen LogP contribution in [0.2, 0.25) is 5.02 Å². The van der Waals surface area contributed by atoms with E-state index >= 15 is 0 Å². The van der Waals surface area contributed by atoms with Crippen molar-refractivity contribution in [2.24, 2.45) is 0 Å². The molecule has 2 heterocycles. The molecule has 1 atom stereocenters. The highest BCUT2D eigenvalue weighted by Gasteiger charge is 2.31. The minimum absolute atomic E-state index is 0.0404. The molecule has 1 N–H and O–H groups in total. The summed E-state index contributed by atoms with van der Waals surface area (Å²) >= 11 is 8.33. The summed E-state index contributed by atoms with van der Waals surface area (Å²) in [5.74, 6) is 1.22. The molecule has 1 saturated heterocycles. The first kappa shape index (κ1) is 20.1. The molecular weight excluding hydrogens is 432 g/mol. The molecule has 0 radical (unpaired) electrons. The second-order valence-electron chi connectivity index (χ2n) is 6.58. The quantitative estimate of drug-likeness (QED) is 0.724. The van der Waals surface area contributed by atoms with Crippen LogP contribution in [0.5, 0.6) is 5.75 Å². The fourth-order valence-corrected chi connectivity index (χ4v) is 4.94. The van der Waals surface area contributed by atoms with E-state index in [1.807, 2.05) is 30.3 Å². The summed E-state index contributed by atoms with van der Waals surface area (Å²) in [5.41, 5.74) is 1.57. The van der Waals surface area contributed by atoms with Crippen LogP contribution >= 0.6 is 35.1 Å². The Kier molecular flexibility index (Phi) is 6.03. The topological polar surface area (TPSA) is 75.7 Å². The number of hydrogen-bond acceptors (Lipinski definition) is 6. The van der Waals surface area contributed by atoms with Gasteiger partial charge in [0.25, 0.3) is 11.1 Å². The molecule has 0 aliphatic carbocycles. The molecule has 0 aromatic heterocycles. The highest BCUT2D eigenvalue weighted by molar-refractivity contribution is 8.26. The Balaban J connectivity index is 1.28. The van der Waals surface area contributed by atoms with Crippen molar-refractivity contribution < 1.29 is 19.1 Å². The van der Waals surface area contributed by atoms with Crippen LogP contribution in [0.15, 0.2) is 47.4 Å². The first-order valence-electron chi connectivity index (χ1n) is 8.95. The van der Waals surface area contributed by atoms with E-state index in [1.54, 1.807) is 28.8 Å². The van der Waals surface area contributed by atoms with Gasteiger partial charge in [0.2, 0.25) is 5.12 Å². The van der Waals surface area contributed by atoms with Crippen molar-refractivity contribution in [2.75, 3.05) is 19.0 Å². The minimum atomic E-state index is -0.474. The van der Waals surface area contributed by atoms with E-state index in [9.17, 15) is 14.4 Å². The van der Waals surface area contributed by atoms with Gasteiger partial charge in [-0.15, -0.1) is 11.8 Å². The van der Waals surface area contributed by atoms with Crippen LogP contribution in [-0.2, 0) is 11.2 Å². The molecule has 6 nitrogen and oxygen atoms in total.